The summed E-state index contributed by atoms with van der Waals surface area (Å²) in [5.74, 6) is 2.07. The molecular weight excluding hydrogens is 375 g/mol. The van der Waals surface area contributed by atoms with E-state index >= 15 is 0 Å². The molecule has 1 aliphatic carbocycles. The van der Waals surface area contributed by atoms with Crippen LogP contribution >= 0.6 is 24.0 Å². The van der Waals surface area contributed by atoms with Gasteiger partial charge in [-0.15, -0.1) is 24.0 Å². The number of alkyl halides is 2. The quantitative estimate of drug-likeness (QED) is 0.418. The Bertz CT molecular complexity index is 278. The van der Waals surface area contributed by atoms with Gasteiger partial charge in [-0.25, -0.2) is 13.8 Å². The lowest BCUT2D eigenvalue weighted by Gasteiger charge is -2.32. The maximum Gasteiger partial charge on any atom is 0.257 e. The number of hydrogen-bond acceptors (Lipinski definition) is 1. The molecule has 0 unspecified atom stereocenters. The molecule has 6 heteroatoms. The number of nitrogens with zero attached hydrogens (tertiary/aromatic N) is 1. The molecule has 2 N–H and O–H groups in total. The third-order valence-electron chi connectivity index (χ3n) is 3.79. The van der Waals surface area contributed by atoms with Gasteiger partial charge < -0.3 is 10.6 Å². The van der Waals surface area contributed by atoms with E-state index in [9.17, 15) is 8.78 Å². The van der Waals surface area contributed by atoms with Crippen molar-refractivity contribution in [2.24, 2.45) is 16.8 Å². The molecule has 0 amide bonds. The molecule has 0 bridgehead atoms. The van der Waals surface area contributed by atoms with Crippen LogP contribution < -0.4 is 10.6 Å². The lowest BCUT2D eigenvalue weighted by molar-refractivity contribution is 0.158. The van der Waals surface area contributed by atoms with E-state index in [0.717, 1.165) is 24.7 Å². The van der Waals surface area contributed by atoms with Crippen LogP contribution in [0.1, 0.15) is 46.5 Å². The fourth-order valence-electron chi connectivity index (χ4n) is 2.60. The zero-order valence-corrected chi connectivity index (χ0v) is 15.0. The smallest absolute Gasteiger partial charge is 0.257 e. The second-order valence-corrected chi connectivity index (χ2v) is 5.61. The molecule has 0 saturated heterocycles. The van der Waals surface area contributed by atoms with Crippen molar-refractivity contribution in [1.82, 2.24) is 10.6 Å². The van der Waals surface area contributed by atoms with Gasteiger partial charge in [0.2, 0.25) is 0 Å². The molecule has 0 heterocycles. The van der Waals surface area contributed by atoms with Gasteiger partial charge in [-0.3, -0.25) is 0 Å². The van der Waals surface area contributed by atoms with Gasteiger partial charge in [-0.1, -0.05) is 13.8 Å². The van der Waals surface area contributed by atoms with Gasteiger partial charge in [0.25, 0.3) is 6.43 Å². The van der Waals surface area contributed by atoms with Crippen LogP contribution in [0, 0.1) is 11.8 Å². The van der Waals surface area contributed by atoms with E-state index in [4.69, 9.17) is 0 Å². The normalized spacial score (nSPS) is 23.6. The van der Waals surface area contributed by atoms with Crippen LogP contribution in [0.15, 0.2) is 4.99 Å². The van der Waals surface area contributed by atoms with Crippen LogP contribution in [0.3, 0.4) is 0 Å². The van der Waals surface area contributed by atoms with Crippen LogP contribution in [-0.4, -0.2) is 31.5 Å². The number of rotatable bonds is 5. The van der Waals surface area contributed by atoms with Crippen LogP contribution in [-0.2, 0) is 0 Å². The fraction of sp³-hybridized carbons (Fsp3) is 0.929. The highest BCUT2D eigenvalue weighted by molar-refractivity contribution is 14.0. The molecule has 0 aromatic rings. The van der Waals surface area contributed by atoms with Gasteiger partial charge in [-0.05, 0) is 44.4 Å². The molecule has 0 aromatic carbocycles. The lowest BCUT2D eigenvalue weighted by Crippen LogP contribution is -2.45. The standard InChI is InChI=1S/C14H27F2N3.HI/c1-4-17-14(18-9-13(15)16)19-12-7-5-11(6-8-12)10(2)3;/h10-13H,4-9H2,1-3H3,(H2,17,18,19);1H. The SMILES string of the molecule is CCNC(=NCC(F)F)NC1CCC(C(C)C)CC1.I. The van der Waals surface area contributed by atoms with Crippen molar-refractivity contribution < 1.29 is 8.78 Å². The van der Waals surface area contributed by atoms with Crippen LogP contribution in [0.4, 0.5) is 8.78 Å². The molecule has 0 radical (unpaired) electrons. The Morgan fingerprint density at radius 2 is 1.80 bits per heavy atom. The summed E-state index contributed by atoms with van der Waals surface area (Å²) in [5.41, 5.74) is 0. The maximum atomic E-state index is 12.2. The van der Waals surface area contributed by atoms with E-state index in [2.05, 4.69) is 29.5 Å². The molecule has 1 saturated carbocycles. The number of nitrogens with one attached hydrogen (secondary N) is 2. The molecule has 0 aromatic heterocycles. The zero-order chi connectivity index (χ0) is 14.3. The number of hydrogen-bond donors (Lipinski definition) is 2. The van der Waals surface area contributed by atoms with Crippen molar-refractivity contribution in [2.45, 2.75) is 58.9 Å². The highest BCUT2D eigenvalue weighted by Crippen LogP contribution is 2.29. The minimum absolute atomic E-state index is 0. The first-order valence-electron chi connectivity index (χ1n) is 7.35. The van der Waals surface area contributed by atoms with Gasteiger partial charge in [-0.2, -0.15) is 0 Å². The molecule has 1 fully saturated rings. The Hall–Kier alpha value is -0.140. The number of guanidine groups is 1. The van der Waals surface area contributed by atoms with E-state index in [1.807, 2.05) is 6.92 Å². The van der Waals surface area contributed by atoms with Crippen molar-refractivity contribution in [3.63, 3.8) is 0 Å². The summed E-state index contributed by atoms with van der Waals surface area (Å²) in [5, 5.41) is 6.30. The van der Waals surface area contributed by atoms with Crippen molar-refractivity contribution in [3.05, 3.63) is 0 Å². The van der Waals surface area contributed by atoms with E-state index in [-0.39, 0.29) is 24.0 Å². The second-order valence-electron chi connectivity index (χ2n) is 5.61. The van der Waals surface area contributed by atoms with Crippen molar-refractivity contribution in [1.29, 1.82) is 0 Å². The average Bonchev–Trinajstić information content (AvgIpc) is 2.37. The van der Waals surface area contributed by atoms with Gasteiger partial charge >= 0.3 is 0 Å². The van der Waals surface area contributed by atoms with Crippen molar-refractivity contribution in [3.8, 4) is 0 Å². The molecular formula is C14H28F2IN3. The molecule has 0 aliphatic heterocycles. The fourth-order valence-corrected chi connectivity index (χ4v) is 2.60. The summed E-state index contributed by atoms with van der Waals surface area (Å²) >= 11 is 0. The first-order chi connectivity index (χ1) is 9.02. The first kappa shape index (κ1) is 19.9. The van der Waals surface area contributed by atoms with Gasteiger partial charge in [0.15, 0.2) is 5.96 Å². The maximum absolute atomic E-state index is 12.2. The van der Waals surface area contributed by atoms with Gasteiger partial charge in [0.05, 0.1) is 0 Å². The molecule has 20 heavy (non-hydrogen) atoms. The Kier molecular flexibility index (Phi) is 10.5. The zero-order valence-electron chi connectivity index (χ0n) is 12.7. The molecule has 1 rings (SSSR count). The summed E-state index contributed by atoms with van der Waals surface area (Å²) in [6, 6.07) is 0.366. The summed E-state index contributed by atoms with van der Waals surface area (Å²) < 4.78 is 24.4. The minimum atomic E-state index is -2.38. The summed E-state index contributed by atoms with van der Waals surface area (Å²) in [6.45, 7) is 6.74. The van der Waals surface area contributed by atoms with E-state index in [1.165, 1.54) is 12.8 Å². The first-order valence-corrected chi connectivity index (χ1v) is 7.35. The average molecular weight is 403 g/mol. The van der Waals surface area contributed by atoms with Crippen molar-refractivity contribution >= 4 is 29.9 Å². The number of halogens is 3. The van der Waals surface area contributed by atoms with E-state index in [1.54, 1.807) is 0 Å². The lowest BCUT2D eigenvalue weighted by atomic mass is 9.80. The molecule has 1 aliphatic rings. The van der Waals surface area contributed by atoms with E-state index in [0.29, 0.717) is 18.5 Å². The van der Waals surface area contributed by atoms with E-state index < -0.39 is 13.0 Å². The van der Waals surface area contributed by atoms with Crippen molar-refractivity contribution in [2.75, 3.05) is 13.1 Å². The monoisotopic (exact) mass is 403 g/mol. The third kappa shape index (κ3) is 7.59. The minimum Gasteiger partial charge on any atom is -0.357 e. The summed E-state index contributed by atoms with van der Waals surface area (Å²) in [7, 11) is 0. The highest BCUT2D eigenvalue weighted by Gasteiger charge is 2.23. The van der Waals surface area contributed by atoms with Crippen LogP contribution in [0.2, 0.25) is 0 Å². The Morgan fingerprint density at radius 3 is 2.25 bits per heavy atom. The van der Waals surface area contributed by atoms with Crippen LogP contribution in [0.5, 0.6) is 0 Å². The molecule has 0 atom stereocenters. The number of aliphatic imine (C=N–C) groups is 1. The van der Waals surface area contributed by atoms with Gasteiger partial charge in [0.1, 0.15) is 6.54 Å². The van der Waals surface area contributed by atoms with Gasteiger partial charge in [0, 0.05) is 12.6 Å². The predicted molar refractivity (Wildman–Crippen MR) is 91.1 cm³/mol. The highest BCUT2D eigenvalue weighted by atomic mass is 127. The predicted octanol–water partition coefficient (Wildman–Crippen LogP) is 3.64. The Balaban J connectivity index is 0.00000361. The Morgan fingerprint density at radius 1 is 1.20 bits per heavy atom. The summed E-state index contributed by atoms with van der Waals surface area (Å²) in [6.07, 6.45) is 2.24. The Labute approximate surface area is 138 Å². The summed E-state index contributed by atoms with van der Waals surface area (Å²) in [4.78, 5) is 3.91. The largest absolute Gasteiger partial charge is 0.357 e. The van der Waals surface area contributed by atoms with Crippen LogP contribution in [0.25, 0.3) is 0 Å². The second kappa shape index (κ2) is 10.6. The molecule has 120 valence electrons. The third-order valence-corrected chi connectivity index (χ3v) is 3.79. The molecule has 0 spiro atoms. The molecule has 3 nitrogen and oxygen atoms in total. The topological polar surface area (TPSA) is 36.4 Å².